The second kappa shape index (κ2) is 7.28. The molecule has 1 aliphatic rings. The van der Waals surface area contributed by atoms with Gasteiger partial charge in [0.15, 0.2) is 0 Å². The van der Waals surface area contributed by atoms with Crippen LogP contribution in [0.3, 0.4) is 0 Å². The summed E-state index contributed by atoms with van der Waals surface area (Å²) in [5.41, 5.74) is 2.83. The van der Waals surface area contributed by atoms with Crippen molar-refractivity contribution in [2.24, 2.45) is 0 Å². The Kier molecular flexibility index (Phi) is 5.65. The smallest absolute Gasteiger partial charge is 0.123 e. The molecule has 2 rings (SSSR count). The van der Waals surface area contributed by atoms with Crippen LogP contribution in [0.1, 0.15) is 45.2 Å². The van der Waals surface area contributed by atoms with Gasteiger partial charge in [0, 0.05) is 32.7 Å². The highest BCUT2D eigenvalue weighted by molar-refractivity contribution is 5.41. The van der Waals surface area contributed by atoms with Crippen molar-refractivity contribution in [3.8, 4) is 5.75 Å². The van der Waals surface area contributed by atoms with Crippen LogP contribution >= 0.6 is 0 Å². The Morgan fingerprint density at radius 1 is 1.19 bits per heavy atom. The van der Waals surface area contributed by atoms with Gasteiger partial charge in [-0.2, -0.15) is 0 Å². The average molecular weight is 290 g/mol. The van der Waals surface area contributed by atoms with Gasteiger partial charge in [0.2, 0.25) is 0 Å². The molecule has 1 aliphatic heterocycles. The number of hydrogen-bond acceptors (Lipinski definition) is 3. The maximum atomic E-state index is 5.93. The minimum absolute atomic E-state index is 0.114. The Hall–Kier alpha value is -1.06. The number of piperazine rings is 1. The summed E-state index contributed by atoms with van der Waals surface area (Å²) in [6.45, 7) is 15.2. The molecular weight excluding hydrogens is 260 g/mol. The first kappa shape index (κ1) is 16.3. The summed E-state index contributed by atoms with van der Waals surface area (Å²) >= 11 is 0. The van der Waals surface area contributed by atoms with Gasteiger partial charge in [0.25, 0.3) is 0 Å². The molecule has 3 nitrogen and oxygen atoms in total. The van der Waals surface area contributed by atoms with Gasteiger partial charge in [-0.3, -0.25) is 4.90 Å². The van der Waals surface area contributed by atoms with Crippen molar-refractivity contribution in [2.45, 2.75) is 46.1 Å². The molecule has 1 N–H and O–H groups in total. The highest BCUT2D eigenvalue weighted by Crippen LogP contribution is 2.32. The minimum atomic E-state index is 0.114. The lowest BCUT2D eigenvalue weighted by Crippen LogP contribution is -2.42. The summed E-state index contributed by atoms with van der Waals surface area (Å²) in [7, 11) is 0. The van der Waals surface area contributed by atoms with E-state index >= 15 is 0 Å². The van der Waals surface area contributed by atoms with Crippen LogP contribution < -0.4 is 10.1 Å². The largest absolute Gasteiger partial charge is 0.493 e. The maximum absolute atomic E-state index is 5.93. The number of hydrogen-bond donors (Lipinski definition) is 1. The van der Waals surface area contributed by atoms with E-state index in [1.807, 2.05) is 0 Å². The van der Waals surface area contributed by atoms with Crippen LogP contribution in [0.4, 0.5) is 0 Å². The van der Waals surface area contributed by atoms with Gasteiger partial charge >= 0.3 is 0 Å². The summed E-state index contributed by atoms with van der Waals surface area (Å²) in [6.07, 6.45) is 1.05. The molecule has 3 heteroatoms. The van der Waals surface area contributed by atoms with E-state index in [1.54, 1.807) is 0 Å². The minimum Gasteiger partial charge on any atom is -0.493 e. The maximum Gasteiger partial charge on any atom is 0.123 e. The van der Waals surface area contributed by atoms with Crippen molar-refractivity contribution in [1.82, 2.24) is 10.2 Å². The zero-order valence-electron chi connectivity index (χ0n) is 14.0. The first-order valence-electron chi connectivity index (χ1n) is 8.20. The zero-order valence-corrected chi connectivity index (χ0v) is 14.0. The Bertz CT molecular complexity index is 445. The molecule has 0 aliphatic carbocycles. The second-order valence-corrected chi connectivity index (χ2v) is 6.96. The third kappa shape index (κ3) is 4.72. The molecule has 118 valence electrons. The predicted molar refractivity (Wildman–Crippen MR) is 89.1 cm³/mol. The van der Waals surface area contributed by atoms with Gasteiger partial charge in [-0.15, -0.1) is 0 Å². The lowest BCUT2D eigenvalue weighted by Gasteiger charge is -2.28. The van der Waals surface area contributed by atoms with Crippen LogP contribution in [0, 0.1) is 0 Å². The van der Waals surface area contributed by atoms with E-state index in [0.717, 1.165) is 51.5 Å². The van der Waals surface area contributed by atoms with E-state index in [1.165, 1.54) is 11.1 Å². The van der Waals surface area contributed by atoms with Gasteiger partial charge in [-0.1, -0.05) is 39.8 Å². The molecule has 1 aromatic rings. The monoisotopic (exact) mass is 290 g/mol. The Labute approximate surface area is 129 Å². The number of nitrogens with zero attached hydrogens (tertiary/aromatic N) is 1. The van der Waals surface area contributed by atoms with Crippen LogP contribution in [0.2, 0.25) is 0 Å². The van der Waals surface area contributed by atoms with Crippen molar-refractivity contribution in [3.05, 3.63) is 29.3 Å². The molecule has 1 aromatic carbocycles. The van der Waals surface area contributed by atoms with Crippen LogP contribution in [0.15, 0.2) is 18.2 Å². The van der Waals surface area contributed by atoms with Gasteiger partial charge in [-0.05, 0) is 29.0 Å². The summed E-state index contributed by atoms with van der Waals surface area (Å²) in [5.74, 6) is 1.05. The van der Waals surface area contributed by atoms with Crippen molar-refractivity contribution < 1.29 is 4.74 Å². The molecule has 0 aromatic heterocycles. The summed E-state index contributed by atoms with van der Waals surface area (Å²) < 4.78 is 5.93. The molecule has 1 saturated heterocycles. The fourth-order valence-electron chi connectivity index (χ4n) is 2.73. The SMILES string of the molecule is CCCOc1ccc(CN2CCNCC2)cc1C(C)(C)C. The van der Waals surface area contributed by atoms with Gasteiger partial charge < -0.3 is 10.1 Å². The summed E-state index contributed by atoms with van der Waals surface area (Å²) in [4.78, 5) is 2.52. The molecule has 1 fully saturated rings. The highest BCUT2D eigenvalue weighted by atomic mass is 16.5. The molecule has 0 bridgehead atoms. The number of nitrogens with one attached hydrogen (secondary N) is 1. The average Bonchev–Trinajstić information content (AvgIpc) is 2.46. The van der Waals surface area contributed by atoms with Gasteiger partial charge in [-0.25, -0.2) is 0 Å². The molecule has 0 spiro atoms. The lowest BCUT2D eigenvalue weighted by atomic mass is 9.85. The lowest BCUT2D eigenvalue weighted by molar-refractivity contribution is 0.233. The molecule has 21 heavy (non-hydrogen) atoms. The molecule has 0 unspecified atom stereocenters. The van der Waals surface area contributed by atoms with E-state index < -0.39 is 0 Å². The number of benzene rings is 1. The summed E-state index contributed by atoms with van der Waals surface area (Å²) in [5, 5.41) is 3.41. The van der Waals surface area contributed by atoms with Crippen LogP contribution in [-0.4, -0.2) is 37.7 Å². The number of ether oxygens (including phenoxy) is 1. The van der Waals surface area contributed by atoms with Crippen molar-refractivity contribution in [2.75, 3.05) is 32.8 Å². The van der Waals surface area contributed by atoms with E-state index in [9.17, 15) is 0 Å². The summed E-state index contributed by atoms with van der Waals surface area (Å²) in [6, 6.07) is 6.73. The van der Waals surface area contributed by atoms with Crippen LogP contribution in [-0.2, 0) is 12.0 Å². The molecule has 1 heterocycles. The number of rotatable bonds is 5. The standard InChI is InChI=1S/C18H30N2O/c1-5-12-21-17-7-6-15(13-16(17)18(2,3)4)14-20-10-8-19-9-11-20/h6-7,13,19H,5,8-12,14H2,1-4H3. The third-order valence-electron chi connectivity index (χ3n) is 3.93. The van der Waals surface area contributed by atoms with Crippen molar-refractivity contribution in [3.63, 3.8) is 0 Å². The topological polar surface area (TPSA) is 24.5 Å². The quantitative estimate of drug-likeness (QED) is 0.901. The molecule has 0 saturated carbocycles. The van der Waals surface area contributed by atoms with Gasteiger partial charge in [0.05, 0.1) is 6.61 Å². The molecule has 0 radical (unpaired) electrons. The zero-order chi connectivity index (χ0) is 15.3. The Morgan fingerprint density at radius 3 is 2.52 bits per heavy atom. The van der Waals surface area contributed by atoms with E-state index in [4.69, 9.17) is 4.74 Å². The molecule has 0 atom stereocenters. The van der Waals surface area contributed by atoms with E-state index in [2.05, 4.69) is 56.1 Å². The first-order valence-corrected chi connectivity index (χ1v) is 8.20. The van der Waals surface area contributed by atoms with Gasteiger partial charge in [0.1, 0.15) is 5.75 Å². The molecular formula is C18H30N2O. The van der Waals surface area contributed by atoms with E-state index in [0.29, 0.717) is 0 Å². The van der Waals surface area contributed by atoms with Crippen molar-refractivity contribution in [1.29, 1.82) is 0 Å². The first-order chi connectivity index (χ1) is 10.0. The predicted octanol–water partition coefficient (Wildman–Crippen LogP) is 3.18. The Morgan fingerprint density at radius 2 is 1.90 bits per heavy atom. The third-order valence-corrected chi connectivity index (χ3v) is 3.93. The van der Waals surface area contributed by atoms with Crippen LogP contribution in [0.5, 0.6) is 5.75 Å². The van der Waals surface area contributed by atoms with Crippen LogP contribution in [0.25, 0.3) is 0 Å². The second-order valence-electron chi connectivity index (χ2n) is 6.96. The fraction of sp³-hybridized carbons (Fsp3) is 0.667. The fourth-order valence-corrected chi connectivity index (χ4v) is 2.73. The highest BCUT2D eigenvalue weighted by Gasteiger charge is 2.20. The molecule has 0 amide bonds. The Balaban J connectivity index is 2.15. The van der Waals surface area contributed by atoms with E-state index in [-0.39, 0.29) is 5.41 Å². The van der Waals surface area contributed by atoms with Crippen molar-refractivity contribution >= 4 is 0 Å². The normalized spacial score (nSPS) is 17.0.